The van der Waals surface area contributed by atoms with E-state index in [0.717, 1.165) is 23.1 Å². The first kappa shape index (κ1) is 24.8. The highest BCUT2D eigenvalue weighted by atomic mass is 16.5. The van der Waals surface area contributed by atoms with Crippen LogP contribution >= 0.6 is 0 Å². The molecule has 2 N–H and O–H groups in total. The van der Waals surface area contributed by atoms with Crippen LogP contribution in [-0.4, -0.2) is 5.97 Å². The number of benzene rings is 3. The lowest BCUT2D eigenvalue weighted by molar-refractivity contribution is -0.128. The summed E-state index contributed by atoms with van der Waals surface area (Å²) in [5, 5.41) is 9.76. The smallest absolute Gasteiger partial charge is 0.336 e. The van der Waals surface area contributed by atoms with Gasteiger partial charge < -0.3 is 15.2 Å². The fraction of sp³-hybridized carbons (Fsp3) is 0.226. The van der Waals surface area contributed by atoms with Gasteiger partial charge in [-0.2, -0.15) is 5.26 Å². The summed E-state index contributed by atoms with van der Waals surface area (Å²) in [6, 6.07) is 23.5. The van der Waals surface area contributed by atoms with E-state index in [2.05, 4.69) is 58.0 Å². The van der Waals surface area contributed by atoms with Crippen LogP contribution < -0.4 is 15.2 Å². The molecule has 0 amide bonds. The van der Waals surface area contributed by atoms with Crippen molar-refractivity contribution in [1.29, 1.82) is 5.26 Å². The Morgan fingerprint density at radius 2 is 1.78 bits per heavy atom. The van der Waals surface area contributed by atoms with Crippen molar-refractivity contribution in [2.75, 3.05) is 0 Å². The van der Waals surface area contributed by atoms with Gasteiger partial charge in [0, 0.05) is 17.7 Å². The lowest BCUT2D eigenvalue weighted by Gasteiger charge is -2.26. The van der Waals surface area contributed by atoms with E-state index < -0.39 is 5.97 Å². The van der Waals surface area contributed by atoms with Crippen LogP contribution in [0.2, 0.25) is 0 Å². The summed E-state index contributed by atoms with van der Waals surface area (Å²) in [4.78, 5) is 12.5. The molecule has 36 heavy (non-hydrogen) atoms. The third kappa shape index (κ3) is 5.34. The lowest BCUT2D eigenvalue weighted by atomic mass is 9.83. The van der Waals surface area contributed by atoms with Crippen molar-refractivity contribution in [3.63, 3.8) is 0 Å². The predicted octanol–water partition coefficient (Wildman–Crippen LogP) is 6.38. The number of fused-ring (bicyclic) bond motifs is 1. The summed E-state index contributed by atoms with van der Waals surface area (Å²) in [5.74, 6) is -0.0107. The number of rotatable bonds is 5. The molecule has 182 valence electrons. The predicted molar refractivity (Wildman–Crippen MR) is 141 cm³/mol. The minimum atomic E-state index is -0.501. The zero-order chi connectivity index (χ0) is 25.9. The Morgan fingerprint density at radius 1 is 1.08 bits per heavy atom. The largest absolute Gasteiger partial charge is 0.440 e. The van der Waals surface area contributed by atoms with Crippen LogP contribution in [0.1, 0.15) is 61.4 Å². The summed E-state index contributed by atoms with van der Waals surface area (Å²) in [7, 11) is 0. The summed E-state index contributed by atoms with van der Waals surface area (Å²) in [6.07, 6.45) is 4.05. The van der Waals surface area contributed by atoms with Gasteiger partial charge in [-0.1, -0.05) is 82.3 Å². The second kappa shape index (κ2) is 10.1. The van der Waals surface area contributed by atoms with Gasteiger partial charge >= 0.3 is 5.97 Å². The van der Waals surface area contributed by atoms with Crippen LogP contribution in [0.25, 0.3) is 6.08 Å². The second-order valence-electron chi connectivity index (χ2n) is 9.85. The van der Waals surface area contributed by atoms with E-state index in [0.29, 0.717) is 17.1 Å². The number of esters is 1. The minimum Gasteiger partial charge on any atom is -0.440 e. The topological polar surface area (TPSA) is 85.3 Å². The van der Waals surface area contributed by atoms with Crippen LogP contribution in [0, 0.1) is 11.3 Å². The van der Waals surface area contributed by atoms with E-state index in [1.807, 2.05) is 30.3 Å². The van der Waals surface area contributed by atoms with Gasteiger partial charge in [0.05, 0.1) is 5.92 Å². The van der Waals surface area contributed by atoms with Crippen molar-refractivity contribution in [3.8, 4) is 17.6 Å². The van der Waals surface area contributed by atoms with Gasteiger partial charge in [-0.25, -0.2) is 4.79 Å². The average Bonchev–Trinajstić information content (AvgIpc) is 2.86. The summed E-state index contributed by atoms with van der Waals surface area (Å²) in [6.45, 7) is 8.57. The number of hydrogen-bond acceptors (Lipinski definition) is 5. The van der Waals surface area contributed by atoms with Crippen molar-refractivity contribution in [3.05, 3.63) is 112 Å². The quantitative estimate of drug-likeness (QED) is 0.261. The summed E-state index contributed by atoms with van der Waals surface area (Å²) < 4.78 is 11.3. The molecule has 0 spiro atoms. The number of nitriles is 1. The Labute approximate surface area is 212 Å². The van der Waals surface area contributed by atoms with Crippen molar-refractivity contribution < 1.29 is 14.3 Å². The number of carbonyl (C=O) groups is 1. The third-order valence-corrected chi connectivity index (χ3v) is 6.32. The molecule has 0 aliphatic carbocycles. The van der Waals surface area contributed by atoms with Gasteiger partial charge in [0.15, 0.2) is 0 Å². The summed E-state index contributed by atoms with van der Waals surface area (Å²) in [5.41, 5.74) is 11.6. The number of nitrogens with two attached hydrogens (primary N) is 1. The highest BCUT2D eigenvalue weighted by Gasteiger charge is 2.31. The maximum Gasteiger partial charge on any atom is 0.336 e. The monoisotopic (exact) mass is 478 g/mol. The number of allylic oxidation sites excluding steroid dienone is 1. The van der Waals surface area contributed by atoms with E-state index in [-0.39, 0.29) is 17.2 Å². The van der Waals surface area contributed by atoms with Crippen LogP contribution in [0.4, 0.5) is 0 Å². The zero-order valence-electron chi connectivity index (χ0n) is 21.0. The molecular formula is C31H30N2O3. The van der Waals surface area contributed by atoms with Gasteiger partial charge in [-0.05, 0) is 46.2 Å². The third-order valence-electron chi connectivity index (χ3n) is 6.32. The van der Waals surface area contributed by atoms with E-state index in [1.54, 1.807) is 18.2 Å². The van der Waals surface area contributed by atoms with Crippen molar-refractivity contribution in [2.24, 2.45) is 5.73 Å². The molecule has 3 aromatic carbocycles. The Morgan fingerprint density at radius 3 is 2.39 bits per heavy atom. The highest BCUT2D eigenvalue weighted by molar-refractivity contribution is 5.88. The molecule has 0 bridgehead atoms. The van der Waals surface area contributed by atoms with Crippen LogP contribution in [0.5, 0.6) is 11.5 Å². The lowest BCUT2D eigenvalue weighted by Crippen LogP contribution is -2.21. The average molecular weight is 479 g/mol. The Hall–Kier alpha value is -4.30. The van der Waals surface area contributed by atoms with Crippen molar-refractivity contribution in [1.82, 2.24) is 0 Å². The first-order valence-corrected chi connectivity index (χ1v) is 12.0. The molecule has 5 nitrogen and oxygen atoms in total. The minimum absolute atomic E-state index is 0.0524. The van der Waals surface area contributed by atoms with Gasteiger partial charge in [0.1, 0.15) is 23.1 Å². The SMILES string of the molecule is CCc1ccc(C2C(C#N)=C(N)Oc3cc(OC(=O)/C=C/c4ccc(C(C)(C)C)cc4)ccc32)cc1. The molecule has 0 aromatic heterocycles. The maximum atomic E-state index is 12.5. The molecule has 4 rings (SSSR count). The number of ether oxygens (including phenoxy) is 2. The molecule has 0 radical (unpaired) electrons. The standard InChI is InChI=1S/C31H30N2O3/c1-5-20-6-11-22(12-7-20)29-25-16-15-24(18-27(25)36-30(33)26(29)19-32)35-28(34)17-10-21-8-13-23(14-9-21)31(2,3)4/h6-18,29H,5,33H2,1-4H3/b17-10+. The Kier molecular flexibility index (Phi) is 6.98. The second-order valence-corrected chi connectivity index (χ2v) is 9.85. The molecule has 1 atom stereocenters. The zero-order valence-corrected chi connectivity index (χ0v) is 21.0. The van der Waals surface area contributed by atoms with Crippen molar-refractivity contribution in [2.45, 2.75) is 45.4 Å². The molecule has 0 saturated heterocycles. The molecule has 0 fully saturated rings. The van der Waals surface area contributed by atoms with Gasteiger partial charge in [-0.15, -0.1) is 0 Å². The Bertz CT molecular complexity index is 1370. The first-order chi connectivity index (χ1) is 17.2. The molecular weight excluding hydrogens is 448 g/mol. The Balaban J connectivity index is 1.53. The van der Waals surface area contributed by atoms with E-state index in [1.165, 1.54) is 17.2 Å². The normalized spacial score (nSPS) is 15.2. The van der Waals surface area contributed by atoms with Gasteiger partial charge in [0.2, 0.25) is 5.88 Å². The van der Waals surface area contributed by atoms with Crippen LogP contribution in [-0.2, 0) is 16.6 Å². The fourth-order valence-corrected chi connectivity index (χ4v) is 4.20. The molecule has 1 aliphatic heterocycles. The first-order valence-electron chi connectivity index (χ1n) is 12.0. The van der Waals surface area contributed by atoms with Gasteiger partial charge in [-0.3, -0.25) is 0 Å². The van der Waals surface area contributed by atoms with Crippen LogP contribution in [0.15, 0.2) is 84.3 Å². The molecule has 1 aliphatic rings. The van der Waals surface area contributed by atoms with E-state index >= 15 is 0 Å². The molecule has 1 heterocycles. The summed E-state index contributed by atoms with van der Waals surface area (Å²) >= 11 is 0. The van der Waals surface area contributed by atoms with Crippen LogP contribution in [0.3, 0.4) is 0 Å². The van der Waals surface area contributed by atoms with Crippen molar-refractivity contribution >= 4 is 12.0 Å². The number of aryl methyl sites for hydroxylation is 1. The molecule has 5 heteroatoms. The highest BCUT2D eigenvalue weighted by Crippen LogP contribution is 2.43. The number of hydrogen-bond donors (Lipinski definition) is 1. The maximum absolute atomic E-state index is 12.5. The van der Waals surface area contributed by atoms with E-state index in [9.17, 15) is 10.1 Å². The van der Waals surface area contributed by atoms with Gasteiger partial charge in [0.25, 0.3) is 0 Å². The molecule has 0 saturated carbocycles. The molecule has 1 unspecified atom stereocenters. The number of nitrogens with zero attached hydrogens (tertiary/aromatic N) is 1. The number of carbonyl (C=O) groups excluding carboxylic acids is 1. The fourth-order valence-electron chi connectivity index (χ4n) is 4.20. The molecule has 3 aromatic rings. The van der Waals surface area contributed by atoms with E-state index in [4.69, 9.17) is 15.2 Å².